The van der Waals surface area contributed by atoms with Crippen molar-refractivity contribution in [2.75, 3.05) is 13.1 Å². The van der Waals surface area contributed by atoms with E-state index >= 15 is 0 Å². The minimum absolute atomic E-state index is 0.112. The Balaban J connectivity index is 1.28. The second kappa shape index (κ2) is 13.1. The van der Waals surface area contributed by atoms with E-state index in [2.05, 4.69) is 40.4 Å². The number of phenols is 2. The Labute approximate surface area is 213 Å². The predicted molar refractivity (Wildman–Crippen MR) is 143 cm³/mol. The SMILES string of the molecule is Oc1ccc(N=Nc2ccncc2)cc1C=NCCCN=Cc1cc(N=Nc2ccncc2)ccc1O. The van der Waals surface area contributed by atoms with Crippen molar-refractivity contribution in [2.24, 2.45) is 30.4 Å². The lowest BCUT2D eigenvalue weighted by Crippen LogP contribution is -1.90. The average molecular weight is 493 g/mol. The highest BCUT2D eigenvalue weighted by Crippen LogP contribution is 2.25. The van der Waals surface area contributed by atoms with Crippen LogP contribution in [-0.4, -0.2) is 45.7 Å². The molecule has 0 spiro atoms. The van der Waals surface area contributed by atoms with Gasteiger partial charge in [-0.3, -0.25) is 20.0 Å². The molecule has 2 aromatic carbocycles. The first-order chi connectivity index (χ1) is 18.2. The van der Waals surface area contributed by atoms with Crippen molar-refractivity contribution < 1.29 is 10.2 Å². The average Bonchev–Trinajstić information content (AvgIpc) is 2.94. The van der Waals surface area contributed by atoms with Gasteiger partial charge < -0.3 is 10.2 Å². The maximum absolute atomic E-state index is 10.1. The molecule has 0 amide bonds. The van der Waals surface area contributed by atoms with Crippen LogP contribution in [0.2, 0.25) is 0 Å². The number of hydrogen-bond acceptors (Lipinski definition) is 10. The van der Waals surface area contributed by atoms with Crippen LogP contribution in [0.4, 0.5) is 22.7 Å². The lowest BCUT2D eigenvalue weighted by atomic mass is 10.2. The fourth-order valence-corrected chi connectivity index (χ4v) is 3.05. The highest BCUT2D eigenvalue weighted by atomic mass is 16.3. The van der Waals surface area contributed by atoms with Crippen LogP contribution in [0.3, 0.4) is 0 Å². The molecule has 0 aliphatic rings. The second-order valence-electron chi connectivity index (χ2n) is 7.72. The van der Waals surface area contributed by atoms with Gasteiger partial charge in [-0.25, -0.2) is 0 Å². The summed E-state index contributed by atoms with van der Waals surface area (Å²) in [5.74, 6) is 0.224. The van der Waals surface area contributed by atoms with E-state index in [1.165, 1.54) is 0 Å². The van der Waals surface area contributed by atoms with E-state index in [0.717, 1.165) is 0 Å². The molecule has 2 aromatic heterocycles. The Bertz CT molecular complexity index is 1310. The molecule has 0 saturated carbocycles. The van der Waals surface area contributed by atoms with Gasteiger partial charge in [-0.15, -0.1) is 0 Å². The van der Waals surface area contributed by atoms with Crippen molar-refractivity contribution in [3.05, 3.63) is 96.6 Å². The molecule has 4 rings (SSSR count). The quantitative estimate of drug-likeness (QED) is 0.145. The van der Waals surface area contributed by atoms with Gasteiger partial charge in [0, 0.05) is 61.4 Å². The number of pyridine rings is 2. The summed E-state index contributed by atoms with van der Waals surface area (Å²) in [6.45, 7) is 1.04. The largest absolute Gasteiger partial charge is 0.507 e. The van der Waals surface area contributed by atoms with Crippen LogP contribution in [0.15, 0.2) is 116 Å². The van der Waals surface area contributed by atoms with Crippen LogP contribution < -0.4 is 0 Å². The van der Waals surface area contributed by atoms with Gasteiger partial charge in [0.15, 0.2) is 0 Å². The molecule has 2 heterocycles. The molecular weight excluding hydrogens is 468 g/mol. The highest BCUT2D eigenvalue weighted by molar-refractivity contribution is 5.85. The predicted octanol–water partition coefficient (Wildman–Crippen LogP) is 6.65. The Kier molecular flexibility index (Phi) is 8.85. The number of aromatic hydroxyl groups is 2. The summed E-state index contributed by atoms with van der Waals surface area (Å²) in [5, 5.41) is 36.9. The highest BCUT2D eigenvalue weighted by Gasteiger charge is 2.02. The Morgan fingerprint density at radius 2 is 0.946 bits per heavy atom. The van der Waals surface area contributed by atoms with Gasteiger partial charge in [0.05, 0.1) is 22.7 Å². The van der Waals surface area contributed by atoms with Crippen molar-refractivity contribution >= 4 is 35.2 Å². The van der Waals surface area contributed by atoms with Crippen molar-refractivity contribution in [3.63, 3.8) is 0 Å². The molecule has 184 valence electrons. The van der Waals surface area contributed by atoms with Gasteiger partial charge in [0.1, 0.15) is 11.5 Å². The number of azo groups is 2. The summed E-state index contributed by atoms with van der Waals surface area (Å²) in [6.07, 6.45) is 10.5. The van der Waals surface area contributed by atoms with Gasteiger partial charge in [-0.05, 0) is 67.1 Å². The number of aromatic nitrogens is 2. The minimum atomic E-state index is 0.112. The molecule has 0 aliphatic carbocycles. The normalized spacial score (nSPS) is 11.9. The zero-order valence-corrected chi connectivity index (χ0v) is 19.8. The first kappa shape index (κ1) is 25.0. The maximum Gasteiger partial charge on any atom is 0.124 e. The summed E-state index contributed by atoms with van der Waals surface area (Å²) in [7, 11) is 0. The number of nitrogens with zero attached hydrogens (tertiary/aromatic N) is 8. The number of aliphatic imine (C=N–C) groups is 2. The van der Waals surface area contributed by atoms with Crippen molar-refractivity contribution in [2.45, 2.75) is 6.42 Å². The third kappa shape index (κ3) is 7.96. The molecule has 37 heavy (non-hydrogen) atoms. The van der Waals surface area contributed by atoms with Crippen LogP contribution in [0.5, 0.6) is 11.5 Å². The van der Waals surface area contributed by atoms with Crippen LogP contribution in [0.25, 0.3) is 0 Å². The van der Waals surface area contributed by atoms with E-state index in [-0.39, 0.29) is 11.5 Å². The molecule has 0 radical (unpaired) electrons. The van der Waals surface area contributed by atoms with E-state index in [9.17, 15) is 10.2 Å². The molecule has 0 fully saturated rings. The third-order valence-electron chi connectivity index (χ3n) is 4.94. The third-order valence-corrected chi connectivity index (χ3v) is 4.94. The van der Waals surface area contributed by atoms with Gasteiger partial charge >= 0.3 is 0 Å². The molecule has 0 unspecified atom stereocenters. The molecule has 10 nitrogen and oxygen atoms in total. The smallest absolute Gasteiger partial charge is 0.124 e. The summed E-state index contributed by atoms with van der Waals surface area (Å²) >= 11 is 0. The number of benzene rings is 2. The van der Waals surface area contributed by atoms with Gasteiger partial charge in [0.2, 0.25) is 0 Å². The van der Waals surface area contributed by atoms with Crippen molar-refractivity contribution in [1.82, 2.24) is 9.97 Å². The van der Waals surface area contributed by atoms with Gasteiger partial charge in [0.25, 0.3) is 0 Å². The molecule has 0 saturated heterocycles. The topological polar surface area (TPSA) is 140 Å². The fraction of sp³-hybridized carbons (Fsp3) is 0.111. The molecular formula is C27H24N8O2. The molecule has 0 aliphatic heterocycles. The monoisotopic (exact) mass is 492 g/mol. The molecule has 4 aromatic rings. The van der Waals surface area contributed by atoms with Crippen LogP contribution >= 0.6 is 0 Å². The molecule has 10 heteroatoms. The molecule has 0 bridgehead atoms. The van der Waals surface area contributed by atoms with E-state index in [1.807, 2.05) is 0 Å². The first-order valence-electron chi connectivity index (χ1n) is 11.5. The van der Waals surface area contributed by atoms with E-state index in [0.29, 0.717) is 53.4 Å². The number of rotatable bonds is 10. The van der Waals surface area contributed by atoms with Crippen LogP contribution in [0, 0.1) is 0 Å². The Morgan fingerprint density at radius 3 is 1.38 bits per heavy atom. The van der Waals surface area contributed by atoms with Crippen LogP contribution in [-0.2, 0) is 0 Å². The standard InChI is InChI=1S/C27H24N8O2/c36-26-4-2-24(34-32-22-6-12-28-13-7-22)16-20(26)18-30-10-1-11-31-19-21-17-25(3-5-27(21)37)35-33-23-8-14-29-15-9-23/h2-9,12-19,36-37H,1,10-11H2. The summed E-state index contributed by atoms with van der Waals surface area (Å²) in [4.78, 5) is 16.6. The minimum Gasteiger partial charge on any atom is -0.507 e. The number of phenolic OH excluding ortho intramolecular Hbond substituents is 2. The Hall–Kier alpha value is -5.12. The first-order valence-corrected chi connectivity index (χ1v) is 11.5. The lowest BCUT2D eigenvalue weighted by molar-refractivity contribution is 0.474. The fourth-order valence-electron chi connectivity index (χ4n) is 3.05. The number of hydrogen-bond donors (Lipinski definition) is 2. The van der Waals surface area contributed by atoms with E-state index < -0.39 is 0 Å². The van der Waals surface area contributed by atoms with Crippen LogP contribution in [0.1, 0.15) is 17.5 Å². The summed E-state index contributed by atoms with van der Waals surface area (Å²) in [5.41, 5.74) is 3.68. The summed E-state index contributed by atoms with van der Waals surface area (Å²) in [6, 6.07) is 16.9. The van der Waals surface area contributed by atoms with E-state index in [4.69, 9.17) is 0 Å². The van der Waals surface area contributed by atoms with Gasteiger partial charge in [-0.2, -0.15) is 20.5 Å². The second-order valence-corrected chi connectivity index (χ2v) is 7.72. The zero-order valence-electron chi connectivity index (χ0n) is 19.8. The molecule has 0 atom stereocenters. The maximum atomic E-state index is 10.1. The van der Waals surface area contributed by atoms with Crippen molar-refractivity contribution in [3.8, 4) is 11.5 Å². The lowest BCUT2D eigenvalue weighted by Gasteiger charge is -2.01. The van der Waals surface area contributed by atoms with Gasteiger partial charge in [-0.1, -0.05) is 0 Å². The Morgan fingerprint density at radius 1 is 0.541 bits per heavy atom. The van der Waals surface area contributed by atoms with Crippen molar-refractivity contribution in [1.29, 1.82) is 0 Å². The molecule has 2 N–H and O–H groups in total. The van der Waals surface area contributed by atoms with E-state index in [1.54, 1.807) is 97.9 Å². The summed E-state index contributed by atoms with van der Waals surface area (Å²) < 4.78 is 0. The zero-order chi connectivity index (χ0) is 25.7.